The first-order valence-electron chi connectivity index (χ1n) is 27.6. The Balaban J connectivity index is 0.00000729. The summed E-state index contributed by atoms with van der Waals surface area (Å²) < 4.78 is 0. The number of nitrogens with one attached hydrogen (secondary N) is 4. The normalized spacial score (nSPS) is 18.0. The van der Waals surface area contributed by atoms with Crippen molar-refractivity contribution in [2.45, 2.75) is 109 Å². The van der Waals surface area contributed by atoms with Crippen LogP contribution in [0.5, 0.6) is 0 Å². The number of pyridine rings is 1. The first-order valence-corrected chi connectivity index (χ1v) is 27.6. The minimum atomic E-state index is -1.04. The minimum Gasteiger partial charge on any atom is -0.481 e. The number of likely N-dealkylation sites (tertiary alicyclic amines) is 1. The van der Waals surface area contributed by atoms with Gasteiger partial charge in [0.25, 0.3) is 0 Å². The smallest absolute Gasteiger partial charge is 0.481 e. The largest absolute Gasteiger partial charge is 3.00 e. The fraction of sp³-hybridized carbons (Fsp3) is 0.655. The minimum absolute atomic E-state index is 0. The van der Waals surface area contributed by atoms with Crippen molar-refractivity contribution in [1.29, 1.82) is 0 Å². The average molecular weight is 1550 g/mol. The van der Waals surface area contributed by atoms with Gasteiger partial charge >= 0.3 is 144 Å². The topological polar surface area (TPSA) is 295 Å². The Hall–Kier alpha value is -2.10. The Morgan fingerprint density at radius 2 is 1.20 bits per heavy atom. The van der Waals surface area contributed by atoms with E-state index in [1.807, 2.05) is 11.0 Å². The van der Waals surface area contributed by atoms with E-state index in [1.54, 1.807) is 38.9 Å². The monoisotopic (exact) mass is 1550 g/mol. The summed E-state index contributed by atoms with van der Waals surface area (Å²) in [4.78, 5) is 112. The Labute approximate surface area is 567 Å². The zero-order chi connectivity index (χ0) is 55.5. The van der Waals surface area contributed by atoms with E-state index < -0.39 is 47.8 Å². The summed E-state index contributed by atoms with van der Waals surface area (Å²) in [6.45, 7) is 6.23. The van der Waals surface area contributed by atoms with Gasteiger partial charge in [0.1, 0.15) is 0 Å². The molecule has 3 atom stereocenters. The summed E-state index contributed by atoms with van der Waals surface area (Å²) >= 11 is 0. The molecule has 441 valence electrons. The van der Waals surface area contributed by atoms with Gasteiger partial charge in [0, 0.05) is 90.8 Å². The second-order valence-corrected chi connectivity index (χ2v) is 21.0. The number of rotatable bonds is 28. The summed E-state index contributed by atoms with van der Waals surface area (Å²) in [5, 5.41) is 50.1. The van der Waals surface area contributed by atoms with Crippen LogP contribution in [0.15, 0.2) is 42.7 Å². The summed E-state index contributed by atoms with van der Waals surface area (Å²) in [5.74, 6) is -4.87. The molecular formula is C55H84Gd3N10O12+9. The van der Waals surface area contributed by atoms with E-state index in [4.69, 9.17) is 0 Å². The van der Waals surface area contributed by atoms with Crippen molar-refractivity contribution in [3.8, 4) is 0 Å². The van der Waals surface area contributed by atoms with Crippen LogP contribution in [0.3, 0.4) is 0 Å². The third kappa shape index (κ3) is 29.1. The number of carboxylic acids is 4. The molecule has 1 aromatic carbocycles. The predicted octanol–water partition coefficient (Wildman–Crippen LogP) is 1.72. The van der Waals surface area contributed by atoms with Crippen LogP contribution in [-0.4, -0.2) is 215 Å². The van der Waals surface area contributed by atoms with E-state index in [2.05, 4.69) is 50.5 Å². The molecule has 0 spiro atoms. The third-order valence-corrected chi connectivity index (χ3v) is 15.0. The van der Waals surface area contributed by atoms with Crippen LogP contribution in [-0.2, 0) is 57.6 Å². The van der Waals surface area contributed by atoms with Crippen LogP contribution in [0.25, 0.3) is 0 Å². The van der Waals surface area contributed by atoms with Gasteiger partial charge in [0.05, 0.1) is 50.6 Å². The number of nitrogens with zero attached hydrogens (tertiary/aromatic N) is 6. The van der Waals surface area contributed by atoms with Crippen LogP contribution in [0.2, 0.25) is 0 Å². The summed E-state index contributed by atoms with van der Waals surface area (Å²) in [6.07, 6.45) is 14.0. The van der Waals surface area contributed by atoms with Crippen molar-refractivity contribution in [1.82, 2.24) is 50.8 Å². The quantitative estimate of drug-likeness (QED) is 0.0563. The molecule has 2 aromatic rings. The van der Waals surface area contributed by atoms with E-state index >= 15 is 0 Å². The maximum Gasteiger partial charge on any atom is 3.00 e. The van der Waals surface area contributed by atoms with Gasteiger partial charge in [-0.05, 0) is 112 Å². The van der Waals surface area contributed by atoms with E-state index in [0.717, 1.165) is 88.4 Å². The molecule has 0 aliphatic carbocycles. The first-order chi connectivity index (χ1) is 37.0. The SMILES string of the molecule is CC(C(=O)NCC(=O)NCCCCCCc1ccc(CCc2cncc([C@H](CC(=O)O)NC(=O)[C@@H]3CCCN(C(=O)CCC4CCNCC4)C3)c2)cc1)N1CCN(CC(=O)O)CCN(CC(=O)O)CCN(CC(=O)O)CC1.[Gd+3].[Gd+3].[Gd+3]. The number of aromatic nitrogens is 1. The number of carbonyl (C=O) groups is 8. The number of benzene rings is 1. The molecule has 1 unspecified atom stereocenters. The molecule has 0 saturated carbocycles. The first kappa shape index (κ1) is 74.0. The Kier molecular flexibility index (Phi) is 38.0. The van der Waals surface area contributed by atoms with Gasteiger partial charge in [-0.1, -0.05) is 43.2 Å². The zero-order valence-corrected chi connectivity index (χ0v) is 52.9. The standard InChI is InChI=1S/C55H84N10O12.3Gd/c1-40(64-29-27-62(38-52(72)73)25-23-61(37-51(70)71)24-26-63(28-30-64)39-53(74)75)54(76)59-35-48(66)58-19-5-3-2-4-7-41-9-11-42(12-10-41)13-14-44-31-46(34-57-33-44)47(32-50(68)69)60-55(77)45-8-6-22-65(36-45)49(67)16-15-43-17-20-56-21-18-43;;;/h9-12,31,33-34,40,43,45,47,56H,2-8,13-30,32,35-39H2,1H3,(H,58,66)(H,59,76)(H,60,77)(H,68,69)(H,70,71)(H,72,73)(H,74,75);;;/q;3*+3/t40?,45-,47+;;;/m1.../s1. The van der Waals surface area contributed by atoms with Gasteiger partial charge in [-0.25, -0.2) is 0 Å². The Morgan fingerprint density at radius 1 is 0.650 bits per heavy atom. The van der Waals surface area contributed by atoms with E-state index in [0.29, 0.717) is 50.4 Å². The van der Waals surface area contributed by atoms with Gasteiger partial charge in [-0.3, -0.25) is 62.9 Å². The van der Waals surface area contributed by atoms with Gasteiger partial charge in [-0.15, -0.1) is 0 Å². The summed E-state index contributed by atoms with van der Waals surface area (Å²) in [6, 6.07) is 8.96. The van der Waals surface area contributed by atoms with Gasteiger partial charge in [-0.2, -0.15) is 0 Å². The molecule has 8 N–H and O–H groups in total. The number of aliphatic carboxylic acids is 4. The van der Waals surface area contributed by atoms with Gasteiger partial charge in [0.15, 0.2) is 0 Å². The molecule has 3 saturated heterocycles. The molecule has 3 fully saturated rings. The van der Waals surface area contributed by atoms with Crippen molar-refractivity contribution in [2.75, 3.05) is 111 Å². The Morgan fingerprint density at radius 3 is 1.77 bits per heavy atom. The van der Waals surface area contributed by atoms with Crippen LogP contribution >= 0.6 is 0 Å². The number of hydrogen-bond acceptors (Lipinski definition) is 14. The number of hydrogen-bond donors (Lipinski definition) is 8. The molecular weight excluding hydrogens is 1460 g/mol. The van der Waals surface area contributed by atoms with Crippen LogP contribution in [0.4, 0.5) is 0 Å². The van der Waals surface area contributed by atoms with Crippen molar-refractivity contribution < 1.29 is 179 Å². The molecule has 4 heterocycles. The molecule has 5 rings (SSSR count). The number of amides is 4. The predicted molar refractivity (Wildman–Crippen MR) is 287 cm³/mol. The zero-order valence-electron chi connectivity index (χ0n) is 46.1. The molecule has 4 amide bonds. The third-order valence-electron chi connectivity index (χ3n) is 15.0. The summed E-state index contributed by atoms with van der Waals surface area (Å²) in [7, 11) is 0. The van der Waals surface area contributed by atoms with Crippen molar-refractivity contribution in [3.63, 3.8) is 0 Å². The number of carbonyl (C=O) groups excluding carboxylic acids is 4. The van der Waals surface area contributed by atoms with Crippen molar-refractivity contribution in [2.24, 2.45) is 11.8 Å². The number of piperidine rings is 2. The van der Waals surface area contributed by atoms with E-state index in [1.165, 1.54) is 5.56 Å². The number of unbranched alkanes of at least 4 members (excludes halogenated alkanes) is 3. The molecule has 3 aliphatic heterocycles. The fourth-order valence-electron chi connectivity index (χ4n) is 10.4. The number of carboxylic acid groups (broad SMARTS) is 4. The summed E-state index contributed by atoms with van der Waals surface area (Å²) in [5.41, 5.74) is 3.94. The molecule has 1 aromatic heterocycles. The number of aryl methyl sites for hydroxylation is 3. The fourth-order valence-corrected chi connectivity index (χ4v) is 10.4. The molecule has 0 bridgehead atoms. The van der Waals surface area contributed by atoms with Crippen LogP contribution in [0, 0.1) is 132 Å². The van der Waals surface area contributed by atoms with Crippen molar-refractivity contribution >= 4 is 47.5 Å². The Bertz CT molecular complexity index is 2220. The molecule has 25 heteroatoms. The van der Waals surface area contributed by atoms with Gasteiger partial charge in [0.2, 0.25) is 23.6 Å². The maximum atomic E-state index is 13.6. The molecule has 3 aliphatic rings. The van der Waals surface area contributed by atoms with E-state index in [9.17, 15) is 58.8 Å². The van der Waals surface area contributed by atoms with E-state index in [-0.39, 0.29) is 223 Å². The van der Waals surface area contributed by atoms with Crippen molar-refractivity contribution in [3.05, 3.63) is 65.0 Å². The second kappa shape index (κ2) is 41.0. The molecule has 3 radical (unpaired) electrons. The molecule has 80 heavy (non-hydrogen) atoms. The van der Waals surface area contributed by atoms with Gasteiger partial charge < -0.3 is 46.6 Å². The van der Waals surface area contributed by atoms with Crippen LogP contribution in [0.1, 0.15) is 106 Å². The maximum absolute atomic E-state index is 13.6. The van der Waals surface area contributed by atoms with Crippen LogP contribution < -0.4 is 21.3 Å². The molecule has 22 nitrogen and oxygen atoms in total. The second-order valence-electron chi connectivity index (χ2n) is 21.0. The average Bonchev–Trinajstić information content (AvgIpc) is 3.40.